The molecule has 0 bridgehead atoms. The molecule has 100 valence electrons. The number of nitrogens with two attached hydrogens (primary N) is 1. The summed E-state index contributed by atoms with van der Waals surface area (Å²) in [5.41, 5.74) is 6.00. The molecule has 0 radical (unpaired) electrons. The number of carbonyl (C=O) groups is 1. The highest BCUT2D eigenvalue weighted by atomic mass is 19.3. The zero-order valence-electron chi connectivity index (χ0n) is 10.1. The van der Waals surface area contributed by atoms with Crippen molar-refractivity contribution >= 4 is 11.6 Å². The average molecular weight is 258 g/mol. The zero-order chi connectivity index (χ0) is 13.3. The van der Waals surface area contributed by atoms with Crippen LogP contribution in [0.2, 0.25) is 0 Å². The van der Waals surface area contributed by atoms with Gasteiger partial charge in [0.25, 0.3) is 5.92 Å². The molecule has 2 rings (SSSR count). The fourth-order valence-corrected chi connectivity index (χ4v) is 2.00. The lowest BCUT2D eigenvalue weighted by atomic mass is 10.1. The molecule has 1 aromatic heterocycles. The summed E-state index contributed by atoms with van der Waals surface area (Å²) in [7, 11) is 0. The lowest BCUT2D eigenvalue weighted by molar-refractivity contribution is -0.140. The van der Waals surface area contributed by atoms with Crippen molar-refractivity contribution in [3.05, 3.63) is 12.4 Å². The van der Waals surface area contributed by atoms with Crippen LogP contribution >= 0.6 is 0 Å². The summed E-state index contributed by atoms with van der Waals surface area (Å²) in [5.74, 6) is -2.84. The van der Waals surface area contributed by atoms with Gasteiger partial charge in [0.05, 0.1) is 11.9 Å². The van der Waals surface area contributed by atoms with E-state index in [2.05, 4.69) is 5.10 Å². The van der Waals surface area contributed by atoms with Crippen molar-refractivity contribution in [3.63, 3.8) is 0 Å². The van der Waals surface area contributed by atoms with Gasteiger partial charge >= 0.3 is 0 Å². The Labute approximate surface area is 104 Å². The van der Waals surface area contributed by atoms with Gasteiger partial charge in [0.1, 0.15) is 6.04 Å². The smallest absolute Gasteiger partial charge is 0.251 e. The quantitative estimate of drug-likeness (QED) is 0.869. The van der Waals surface area contributed by atoms with E-state index in [1.54, 1.807) is 13.1 Å². The molecule has 7 heteroatoms. The molecule has 1 saturated heterocycles. The summed E-state index contributed by atoms with van der Waals surface area (Å²) >= 11 is 0. The number of aromatic nitrogens is 2. The fraction of sp³-hybridized carbons (Fsp3) is 0.636. The standard InChI is InChI=1S/C11H16F2N4O/c1-8(17-7-9(14)6-15-17)10(18)16-4-2-11(12,13)3-5-16/h6-8H,2-5,14H2,1H3. The van der Waals surface area contributed by atoms with Crippen molar-refractivity contribution in [2.75, 3.05) is 18.8 Å². The van der Waals surface area contributed by atoms with Gasteiger partial charge in [-0.25, -0.2) is 8.78 Å². The predicted molar refractivity (Wildman–Crippen MR) is 62.1 cm³/mol. The van der Waals surface area contributed by atoms with Crippen LogP contribution in [0.1, 0.15) is 25.8 Å². The molecule has 2 heterocycles. The Hall–Kier alpha value is -1.66. The molecule has 0 aromatic carbocycles. The van der Waals surface area contributed by atoms with Gasteiger partial charge in [-0.1, -0.05) is 0 Å². The highest BCUT2D eigenvalue weighted by Crippen LogP contribution is 2.28. The molecule has 1 unspecified atom stereocenters. The van der Waals surface area contributed by atoms with Crippen molar-refractivity contribution < 1.29 is 13.6 Å². The molecule has 1 aromatic rings. The summed E-state index contributed by atoms with van der Waals surface area (Å²) < 4.78 is 27.4. The van der Waals surface area contributed by atoms with Crippen molar-refractivity contribution in [2.45, 2.75) is 31.7 Å². The van der Waals surface area contributed by atoms with Crippen LogP contribution in [0.3, 0.4) is 0 Å². The number of rotatable bonds is 2. The molecule has 1 aliphatic heterocycles. The molecule has 0 aliphatic carbocycles. The second-order valence-electron chi connectivity index (χ2n) is 4.61. The van der Waals surface area contributed by atoms with E-state index in [0.29, 0.717) is 5.69 Å². The van der Waals surface area contributed by atoms with E-state index in [1.165, 1.54) is 15.8 Å². The SMILES string of the molecule is CC(C(=O)N1CCC(F)(F)CC1)n1cc(N)cn1. The van der Waals surface area contributed by atoms with Gasteiger partial charge in [-0.15, -0.1) is 0 Å². The summed E-state index contributed by atoms with van der Waals surface area (Å²) in [5, 5.41) is 3.96. The van der Waals surface area contributed by atoms with Gasteiger partial charge in [-0.05, 0) is 6.92 Å². The van der Waals surface area contributed by atoms with Crippen LogP contribution in [0.4, 0.5) is 14.5 Å². The topological polar surface area (TPSA) is 64.2 Å². The number of hydrogen-bond acceptors (Lipinski definition) is 3. The van der Waals surface area contributed by atoms with E-state index in [4.69, 9.17) is 5.73 Å². The number of nitrogen functional groups attached to an aromatic ring is 1. The third kappa shape index (κ3) is 2.60. The Morgan fingerprint density at radius 2 is 2.11 bits per heavy atom. The molecule has 1 amide bonds. The van der Waals surface area contributed by atoms with Crippen LogP contribution in [0.5, 0.6) is 0 Å². The molecule has 1 fully saturated rings. The average Bonchev–Trinajstić information content (AvgIpc) is 2.74. The lowest BCUT2D eigenvalue weighted by Gasteiger charge is -2.33. The van der Waals surface area contributed by atoms with E-state index in [1.807, 2.05) is 0 Å². The first-order chi connectivity index (χ1) is 8.39. The lowest BCUT2D eigenvalue weighted by Crippen LogP contribution is -2.45. The summed E-state index contributed by atoms with van der Waals surface area (Å²) in [6, 6.07) is -0.519. The Kier molecular flexibility index (Phi) is 3.23. The summed E-state index contributed by atoms with van der Waals surface area (Å²) in [6.45, 7) is 1.86. The van der Waals surface area contributed by atoms with E-state index >= 15 is 0 Å². The van der Waals surface area contributed by atoms with E-state index in [0.717, 1.165) is 0 Å². The molecule has 18 heavy (non-hydrogen) atoms. The van der Waals surface area contributed by atoms with Gasteiger partial charge in [0.15, 0.2) is 0 Å². The van der Waals surface area contributed by atoms with E-state index < -0.39 is 12.0 Å². The minimum atomic E-state index is -2.64. The molecular formula is C11H16F2N4O. The third-order valence-electron chi connectivity index (χ3n) is 3.18. The maximum Gasteiger partial charge on any atom is 0.251 e. The summed E-state index contributed by atoms with van der Waals surface area (Å²) in [4.78, 5) is 13.6. The van der Waals surface area contributed by atoms with Crippen molar-refractivity contribution in [2.24, 2.45) is 0 Å². The number of carbonyl (C=O) groups excluding carboxylic acids is 1. The normalized spacial score (nSPS) is 20.7. The van der Waals surface area contributed by atoms with Crippen LogP contribution < -0.4 is 5.73 Å². The maximum atomic E-state index is 13.0. The van der Waals surface area contributed by atoms with E-state index in [-0.39, 0.29) is 31.8 Å². The van der Waals surface area contributed by atoms with Crippen LogP contribution in [-0.2, 0) is 4.79 Å². The zero-order valence-corrected chi connectivity index (χ0v) is 10.1. The first kappa shape index (κ1) is 12.8. The molecule has 1 aliphatic rings. The van der Waals surface area contributed by atoms with Crippen molar-refractivity contribution in [3.8, 4) is 0 Å². The summed E-state index contributed by atoms with van der Waals surface area (Å²) in [6.07, 6.45) is 2.47. The highest BCUT2D eigenvalue weighted by Gasteiger charge is 2.36. The Morgan fingerprint density at radius 1 is 1.50 bits per heavy atom. The third-order valence-corrected chi connectivity index (χ3v) is 3.18. The number of anilines is 1. The fourth-order valence-electron chi connectivity index (χ4n) is 2.00. The molecule has 5 nitrogen and oxygen atoms in total. The second kappa shape index (κ2) is 4.55. The molecule has 0 saturated carbocycles. The number of amides is 1. The minimum Gasteiger partial charge on any atom is -0.396 e. The van der Waals surface area contributed by atoms with Gasteiger partial charge in [0.2, 0.25) is 5.91 Å². The van der Waals surface area contributed by atoms with Gasteiger partial charge in [-0.2, -0.15) is 5.10 Å². The van der Waals surface area contributed by atoms with Gasteiger partial charge in [-0.3, -0.25) is 9.48 Å². The number of hydrogen-bond donors (Lipinski definition) is 1. The number of alkyl halides is 2. The minimum absolute atomic E-state index is 0.0902. The Morgan fingerprint density at radius 3 is 2.61 bits per heavy atom. The van der Waals surface area contributed by atoms with Crippen LogP contribution in [0, 0.1) is 0 Å². The van der Waals surface area contributed by atoms with Crippen LogP contribution in [-0.4, -0.2) is 39.6 Å². The molecule has 1 atom stereocenters. The van der Waals surface area contributed by atoms with Gasteiger partial charge < -0.3 is 10.6 Å². The largest absolute Gasteiger partial charge is 0.396 e. The highest BCUT2D eigenvalue weighted by molar-refractivity contribution is 5.80. The van der Waals surface area contributed by atoms with E-state index in [9.17, 15) is 13.6 Å². The molecule has 2 N–H and O–H groups in total. The second-order valence-corrected chi connectivity index (χ2v) is 4.61. The molecular weight excluding hydrogens is 242 g/mol. The Balaban J connectivity index is 2.00. The Bertz CT molecular complexity index is 436. The first-order valence-electron chi connectivity index (χ1n) is 5.85. The van der Waals surface area contributed by atoms with Crippen molar-refractivity contribution in [1.29, 1.82) is 0 Å². The van der Waals surface area contributed by atoms with Crippen molar-refractivity contribution in [1.82, 2.24) is 14.7 Å². The van der Waals surface area contributed by atoms with Crippen LogP contribution in [0.25, 0.3) is 0 Å². The first-order valence-corrected chi connectivity index (χ1v) is 5.85. The predicted octanol–water partition coefficient (Wildman–Crippen LogP) is 1.28. The van der Waals surface area contributed by atoms with Gasteiger partial charge in [0, 0.05) is 32.1 Å². The monoisotopic (exact) mass is 258 g/mol. The molecule has 0 spiro atoms. The number of halogens is 2. The number of likely N-dealkylation sites (tertiary alicyclic amines) is 1. The maximum absolute atomic E-state index is 13.0. The number of nitrogens with zero attached hydrogens (tertiary/aromatic N) is 3. The van der Waals surface area contributed by atoms with Crippen LogP contribution in [0.15, 0.2) is 12.4 Å². The number of piperidine rings is 1.